The quantitative estimate of drug-likeness (QED) is 0.617. The Kier molecular flexibility index (Phi) is 8.40. The molecule has 2 heterocycles. The average Bonchev–Trinajstić information content (AvgIpc) is 3.23. The van der Waals surface area contributed by atoms with Gasteiger partial charge in [0.25, 0.3) is 0 Å². The van der Waals surface area contributed by atoms with E-state index in [1.54, 1.807) is 0 Å². The van der Waals surface area contributed by atoms with Crippen molar-refractivity contribution in [2.45, 2.75) is 110 Å². The molecule has 0 radical (unpaired) electrons. The lowest BCUT2D eigenvalue weighted by Gasteiger charge is -2.41. The van der Waals surface area contributed by atoms with Gasteiger partial charge in [0.1, 0.15) is 0 Å². The van der Waals surface area contributed by atoms with Crippen molar-refractivity contribution in [1.82, 2.24) is 20.0 Å². The van der Waals surface area contributed by atoms with Crippen LogP contribution in [0.15, 0.2) is 12.4 Å². The molecule has 160 valence electrons. The minimum Gasteiger partial charge on any atom is -0.314 e. The number of nitrogens with zero attached hydrogens (tertiary/aromatic N) is 3. The van der Waals surface area contributed by atoms with Crippen LogP contribution in [0.4, 0.5) is 0 Å². The third-order valence-corrected chi connectivity index (χ3v) is 7.49. The van der Waals surface area contributed by atoms with Crippen LogP contribution in [-0.4, -0.2) is 46.4 Å². The Hall–Kier alpha value is -0.870. The maximum atomic E-state index is 4.72. The van der Waals surface area contributed by atoms with Crippen LogP contribution in [0.3, 0.4) is 0 Å². The zero-order valence-corrected chi connectivity index (χ0v) is 18.9. The minimum atomic E-state index is 0.606. The summed E-state index contributed by atoms with van der Waals surface area (Å²) in [5.74, 6) is 1.54. The number of hydrogen-bond acceptors (Lipinski definition) is 3. The summed E-state index contributed by atoms with van der Waals surface area (Å²) in [6.07, 6.45) is 16.3. The molecular weight excluding hydrogens is 344 g/mol. The van der Waals surface area contributed by atoms with Gasteiger partial charge in [0.15, 0.2) is 0 Å². The van der Waals surface area contributed by atoms with E-state index in [4.69, 9.17) is 5.10 Å². The molecule has 0 amide bonds. The van der Waals surface area contributed by atoms with Gasteiger partial charge in [-0.3, -0.25) is 4.68 Å². The van der Waals surface area contributed by atoms with Crippen molar-refractivity contribution in [3.05, 3.63) is 18.0 Å². The molecule has 2 atom stereocenters. The van der Waals surface area contributed by atoms with Crippen molar-refractivity contribution in [2.75, 3.05) is 19.6 Å². The Morgan fingerprint density at radius 1 is 1.04 bits per heavy atom. The van der Waals surface area contributed by atoms with Crippen molar-refractivity contribution in [3.63, 3.8) is 0 Å². The second-order valence-electron chi connectivity index (χ2n) is 9.60. The van der Waals surface area contributed by atoms with Gasteiger partial charge < -0.3 is 10.2 Å². The number of nitrogens with one attached hydrogen (secondary N) is 1. The molecule has 1 saturated heterocycles. The van der Waals surface area contributed by atoms with E-state index in [-0.39, 0.29) is 0 Å². The van der Waals surface area contributed by atoms with Gasteiger partial charge in [-0.2, -0.15) is 5.10 Å². The highest BCUT2D eigenvalue weighted by atomic mass is 15.3. The van der Waals surface area contributed by atoms with E-state index in [9.17, 15) is 0 Å². The Morgan fingerprint density at radius 2 is 1.75 bits per heavy atom. The first-order valence-electron chi connectivity index (χ1n) is 12.1. The molecule has 4 heteroatoms. The fourth-order valence-corrected chi connectivity index (χ4v) is 5.15. The normalized spacial score (nSPS) is 27.0. The summed E-state index contributed by atoms with van der Waals surface area (Å²) in [4.78, 5) is 2.79. The van der Waals surface area contributed by atoms with Gasteiger partial charge in [0.05, 0.1) is 12.2 Å². The molecule has 1 N–H and O–H groups in total. The maximum absolute atomic E-state index is 4.72. The molecule has 1 aromatic heterocycles. The van der Waals surface area contributed by atoms with Crippen LogP contribution in [0.1, 0.15) is 103 Å². The summed E-state index contributed by atoms with van der Waals surface area (Å²) in [5, 5.41) is 8.44. The summed E-state index contributed by atoms with van der Waals surface area (Å²) in [6.45, 7) is 12.9. The van der Waals surface area contributed by atoms with Crippen molar-refractivity contribution < 1.29 is 0 Å². The lowest BCUT2D eigenvalue weighted by Crippen LogP contribution is -2.44. The average molecular weight is 389 g/mol. The van der Waals surface area contributed by atoms with Crippen molar-refractivity contribution in [2.24, 2.45) is 5.92 Å². The Morgan fingerprint density at radius 3 is 2.39 bits per heavy atom. The van der Waals surface area contributed by atoms with Gasteiger partial charge in [-0.05, 0) is 82.2 Å². The SMILES string of the molecule is CCCC(C)c1cnn(C2CCN([C@H]3CC[C@H](CNC(C)CC)CC3)CC2)c1. The largest absolute Gasteiger partial charge is 0.314 e. The topological polar surface area (TPSA) is 33.1 Å². The number of piperidine rings is 1. The molecule has 1 aromatic rings. The number of rotatable bonds is 9. The third kappa shape index (κ3) is 5.82. The molecule has 4 nitrogen and oxygen atoms in total. The molecule has 1 aliphatic carbocycles. The number of hydrogen-bond donors (Lipinski definition) is 1. The summed E-state index contributed by atoms with van der Waals surface area (Å²) < 4.78 is 2.27. The molecule has 2 aliphatic rings. The van der Waals surface area contributed by atoms with Gasteiger partial charge in [-0.1, -0.05) is 27.2 Å². The first-order chi connectivity index (χ1) is 13.6. The van der Waals surface area contributed by atoms with Crippen LogP contribution in [0.2, 0.25) is 0 Å². The fraction of sp³-hybridized carbons (Fsp3) is 0.875. The molecule has 28 heavy (non-hydrogen) atoms. The van der Waals surface area contributed by atoms with Crippen molar-refractivity contribution >= 4 is 0 Å². The monoisotopic (exact) mass is 388 g/mol. The summed E-state index contributed by atoms with van der Waals surface area (Å²) in [7, 11) is 0. The molecule has 0 aromatic carbocycles. The highest BCUT2D eigenvalue weighted by molar-refractivity contribution is 5.10. The molecule has 0 bridgehead atoms. The highest BCUT2D eigenvalue weighted by Gasteiger charge is 2.29. The molecule has 2 fully saturated rings. The third-order valence-electron chi connectivity index (χ3n) is 7.49. The van der Waals surface area contributed by atoms with E-state index in [0.717, 1.165) is 12.0 Å². The van der Waals surface area contributed by atoms with Crippen molar-refractivity contribution in [3.8, 4) is 0 Å². The lowest BCUT2D eigenvalue weighted by atomic mass is 9.84. The fourth-order valence-electron chi connectivity index (χ4n) is 5.15. The van der Waals surface area contributed by atoms with Crippen LogP contribution in [0.5, 0.6) is 0 Å². The van der Waals surface area contributed by atoms with Gasteiger partial charge in [0, 0.05) is 31.4 Å². The zero-order chi connectivity index (χ0) is 19.9. The molecular formula is C24H44N4. The van der Waals surface area contributed by atoms with Crippen LogP contribution in [0, 0.1) is 5.92 Å². The predicted octanol–water partition coefficient (Wildman–Crippen LogP) is 5.37. The predicted molar refractivity (Wildman–Crippen MR) is 119 cm³/mol. The Bertz CT molecular complexity index is 553. The van der Waals surface area contributed by atoms with Gasteiger partial charge in [0.2, 0.25) is 0 Å². The molecule has 0 spiro atoms. The first-order valence-corrected chi connectivity index (χ1v) is 12.1. The molecule has 1 saturated carbocycles. The van der Waals surface area contributed by atoms with Gasteiger partial charge in [-0.25, -0.2) is 0 Å². The van der Waals surface area contributed by atoms with Gasteiger partial charge >= 0.3 is 0 Å². The van der Waals surface area contributed by atoms with Crippen LogP contribution < -0.4 is 5.32 Å². The minimum absolute atomic E-state index is 0.606. The van der Waals surface area contributed by atoms with Gasteiger partial charge in [-0.15, -0.1) is 0 Å². The van der Waals surface area contributed by atoms with Crippen LogP contribution in [0.25, 0.3) is 0 Å². The first kappa shape index (κ1) is 21.8. The maximum Gasteiger partial charge on any atom is 0.0543 e. The van der Waals surface area contributed by atoms with E-state index in [2.05, 4.69) is 55.0 Å². The molecule has 1 aliphatic heterocycles. The second kappa shape index (κ2) is 10.8. The summed E-state index contributed by atoms with van der Waals surface area (Å²) in [6, 6.07) is 2.11. The zero-order valence-electron chi connectivity index (χ0n) is 18.9. The van der Waals surface area contributed by atoms with E-state index in [1.165, 1.54) is 83.0 Å². The number of aromatic nitrogens is 2. The number of likely N-dealkylation sites (tertiary alicyclic amines) is 1. The van der Waals surface area contributed by atoms with E-state index in [1.807, 2.05) is 0 Å². The van der Waals surface area contributed by atoms with E-state index >= 15 is 0 Å². The standard InChI is InChI=1S/C24H44N4/c1-5-7-19(3)22-17-26-28(18-22)24-12-14-27(15-13-24)23-10-8-21(9-11-23)16-25-20(4)6-2/h17-21,23-25H,5-16H2,1-4H3/t19?,20?,21-,23-. The summed E-state index contributed by atoms with van der Waals surface area (Å²) in [5.41, 5.74) is 1.42. The lowest BCUT2D eigenvalue weighted by molar-refractivity contribution is 0.0932. The molecule has 2 unspecified atom stereocenters. The van der Waals surface area contributed by atoms with E-state index in [0.29, 0.717) is 18.0 Å². The molecule has 3 rings (SSSR count). The van der Waals surface area contributed by atoms with Crippen LogP contribution >= 0.6 is 0 Å². The van der Waals surface area contributed by atoms with Crippen molar-refractivity contribution in [1.29, 1.82) is 0 Å². The highest BCUT2D eigenvalue weighted by Crippen LogP contribution is 2.32. The Balaban J connectivity index is 1.40. The smallest absolute Gasteiger partial charge is 0.0543 e. The second-order valence-corrected chi connectivity index (χ2v) is 9.60. The van der Waals surface area contributed by atoms with Crippen LogP contribution in [-0.2, 0) is 0 Å². The van der Waals surface area contributed by atoms with E-state index < -0.39 is 0 Å². The Labute approximate surface area is 173 Å². The summed E-state index contributed by atoms with van der Waals surface area (Å²) >= 11 is 0.